The molecule has 5 aromatic carbocycles. The van der Waals surface area contributed by atoms with E-state index in [4.69, 9.17) is 14.2 Å². The third kappa shape index (κ3) is 4.54. The summed E-state index contributed by atoms with van der Waals surface area (Å²) in [6.07, 6.45) is 8.07. The summed E-state index contributed by atoms with van der Waals surface area (Å²) < 4.78 is 19.0. The minimum atomic E-state index is -0.836. The van der Waals surface area contributed by atoms with E-state index in [0.717, 1.165) is 46.6 Å². The summed E-state index contributed by atoms with van der Waals surface area (Å²) in [7, 11) is 3.45. The Balaban J connectivity index is 1.48. The minimum Gasteiger partial charge on any atom is -0.497 e. The molecule has 0 radical (unpaired) electrons. The molecule has 1 aliphatic heterocycles. The standard InChI is InChI=1S/C45H46O3/c1-28-9-12-30(13-10-28)45(31-14-16-32(46-7)17-15-31)22-21-36-40-39(34-20-18-33(47-8)24-37(34)41(36)48-45)35-19-11-29(2)23-38(35)44(40)26-42(3,4)25-43(5,6)27-44/h9-24H,25-27H2,1-8H3. The van der Waals surface area contributed by atoms with Crippen LogP contribution in [-0.4, -0.2) is 14.2 Å². The van der Waals surface area contributed by atoms with Crippen molar-refractivity contribution in [2.75, 3.05) is 14.2 Å². The monoisotopic (exact) mass is 634 g/mol. The Morgan fingerprint density at radius 3 is 1.88 bits per heavy atom. The fraction of sp³-hybridized carbons (Fsp3) is 0.333. The van der Waals surface area contributed by atoms with Crippen molar-refractivity contribution in [1.29, 1.82) is 0 Å². The van der Waals surface area contributed by atoms with Crippen LogP contribution in [0.3, 0.4) is 0 Å². The van der Waals surface area contributed by atoms with Crippen molar-refractivity contribution in [3.63, 3.8) is 0 Å². The van der Waals surface area contributed by atoms with Gasteiger partial charge in [-0.1, -0.05) is 99.5 Å². The van der Waals surface area contributed by atoms with Crippen LogP contribution in [0.2, 0.25) is 0 Å². The normalized spacial score (nSPS) is 20.9. The topological polar surface area (TPSA) is 27.7 Å². The quantitative estimate of drug-likeness (QED) is 0.197. The van der Waals surface area contributed by atoms with Gasteiger partial charge >= 0.3 is 0 Å². The van der Waals surface area contributed by atoms with E-state index in [2.05, 4.69) is 126 Å². The predicted octanol–water partition coefficient (Wildman–Crippen LogP) is 11.3. The average Bonchev–Trinajstić information content (AvgIpc) is 3.30. The second-order valence-corrected chi connectivity index (χ2v) is 16.2. The molecule has 5 aromatic rings. The molecule has 0 bridgehead atoms. The molecule has 244 valence electrons. The van der Waals surface area contributed by atoms with Gasteiger partial charge in [0.1, 0.15) is 17.2 Å². The molecule has 1 unspecified atom stereocenters. The number of rotatable bonds is 4. The maximum absolute atomic E-state index is 7.62. The van der Waals surface area contributed by atoms with Crippen molar-refractivity contribution in [3.8, 4) is 28.4 Å². The lowest BCUT2D eigenvalue weighted by atomic mass is 9.52. The Morgan fingerprint density at radius 1 is 0.625 bits per heavy atom. The summed E-state index contributed by atoms with van der Waals surface area (Å²) >= 11 is 0. The van der Waals surface area contributed by atoms with Gasteiger partial charge in [0.25, 0.3) is 0 Å². The molecule has 1 heterocycles. The maximum atomic E-state index is 7.62. The van der Waals surface area contributed by atoms with Gasteiger partial charge in [-0.25, -0.2) is 0 Å². The van der Waals surface area contributed by atoms with Crippen LogP contribution < -0.4 is 14.2 Å². The van der Waals surface area contributed by atoms with E-state index in [1.807, 2.05) is 12.1 Å². The molecule has 1 saturated carbocycles. The first-order valence-electron chi connectivity index (χ1n) is 17.3. The molecule has 3 nitrogen and oxygen atoms in total. The molecule has 0 amide bonds. The minimum absolute atomic E-state index is 0.141. The molecular weight excluding hydrogens is 588 g/mol. The number of fused-ring (bicyclic) bond motifs is 10. The zero-order valence-electron chi connectivity index (χ0n) is 29.6. The number of ether oxygens (including phenoxy) is 3. The lowest BCUT2D eigenvalue weighted by Gasteiger charge is -2.52. The largest absolute Gasteiger partial charge is 0.497 e. The number of hydrogen-bond donors (Lipinski definition) is 0. The molecule has 1 fully saturated rings. The number of aryl methyl sites for hydroxylation is 2. The van der Waals surface area contributed by atoms with E-state index >= 15 is 0 Å². The average molecular weight is 635 g/mol. The number of methoxy groups -OCH3 is 2. The van der Waals surface area contributed by atoms with Gasteiger partial charge in [0.05, 0.1) is 14.2 Å². The fourth-order valence-electron chi connectivity index (χ4n) is 10.0. The zero-order chi connectivity index (χ0) is 33.6. The molecule has 0 N–H and O–H groups in total. The Labute approximate surface area is 285 Å². The van der Waals surface area contributed by atoms with Gasteiger partial charge in [-0.3, -0.25) is 0 Å². The highest BCUT2D eigenvalue weighted by Crippen LogP contribution is 2.67. The number of benzene rings is 5. The SMILES string of the molecule is COc1ccc(C2(c3ccc(C)cc3)C=Cc3c4c(c5ccc(OC)cc5c3O2)-c2ccc(C)cc2C42CC(C)(C)CC(C)(C)C2)cc1. The molecule has 8 rings (SSSR count). The van der Waals surface area contributed by atoms with Crippen LogP contribution in [0, 0.1) is 24.7 Å². The molecular formula is C45H46O3. The van der Waals surface area contributed by atoms with Crippen molar-refractivity contribution in [2.24, 2.45) is 10.8 Å². The maximum Gasteiger partial charge on any atom is 0.178 e. The smallest absolute Gasteiger partial charge is 0.178 e. The van der Waals surface area contributed by atoms with E-state index in [9.17, 15) is 0 Å². The summed E-state index contributed by atoms with van der Waals surface area (Å²) in [5, 5.41) is 2.30. The van der Waals surface area contributed by atoms with Crippen molar-refractivity contribution < 1.29 is 14.2 Å². The van der Waals surface area contributed by atoms with E-state index in [-0.39, 0.29) is 16.2 Å². The van der Waals surface area contributed by atoms with Gasteiger partial charge in [-0.15, -0.1) is 0 Å². The van der Waals surface area contributed by atoms with Crippen LogP contribution in [0.15, 0.2) is 91.0 Å². The van der Waals surface area contributed by atoms with Gasteiger partial charge in [0.15, 0.2) is 5.60 Å². The summed E-state index contributed by atoms with van der Waals surface area (Å²) in [5.41, 5.74) is 10.9. The Kier molecular flexibility index (Phi) is 6.74. The highest BCUT2D eigenvalue weighted by molar-refractivity contribution is 6.09. The fourth-order valence-corrected chi connectivity index (χ4v) is 10.0. The first-order chi connectivity index (χ1) is 22.9. The Bertz CT molecular complexity index is 2100. The van der Waals surface area contributed by atoms with Crippen LogP contribution >= 0.6 is 0 Å². The van der Waals surface area contributed by atoms with Crippen molar-refractivity contribution in [3.05, 3.63) is 130 Å². The molecule has 3 heteroatoms. The zero-order valence-corrected chi connectivity index (χ0v) is 29.6. The van der Waals surface area contributed by atoms with Gasteiger partial charge in [-0.05, 0) is 108 Å². The third-order valence-corrected chi connectivity index (χ3v) is 11.2. The van der Waals surface area contributed by atoms with E-state index < -0.39 is 5.60 Å². The second-order valence-electron chi connectivity index (χ2n) is 16.2. The summed E-state index contributed by atoms with van der Waals surface area (Å²) in [6.45, 7) is 14.3. The predicted molar refractivity (Wildman–Crippen MR) is 197 cm³/mol. The highest BCUT2D eigenvalue weighted by Gasteiger charge is 2.55. The van der Waals surface area contributed by atoms with Crippen molar-refractivity contribution in [2.45, 2.75) is 71.8 Å². The molecule has 0 aromatic heterocycles. The highest BCUT2D eigenvalue weighted by atomic mass is 16.5. The van der Waals surface area contributed by atoms with Crippen LogP contribution in [0.1, 0.15) is 85.9 Å². The van der Waals surface area contributed by atoms with E-state index in [0.29, 0.717) is 0 Å². The molecule has 0 saturated heterocycles. The molecule has 1 atom stereocenters. The van der Waals surface area contributed by atoms with Crippen LogP contribution in [0.5, 0.6) is 17.2 Å². The lowest BCUT2D eigenvalue weighted by Crippen LogP contribution is -2.44. The Hall–Kier alpha value is -4.50. The third-order valence-electron chi connectivity index (χ3n) is 11.2. The Morgan fingerprint density at radius 2 is 1.23 bits per heavy atom. The molecule has 1 spiro atoms. The molecule has 3 aliphatic rings. The number of hydrogen-bond acceptors (Lipinski definition) is 3. The van der Waals surface area contributed by atoms with Crippen molar-refractivity contribution >= 4 is 16.8 Å². The summed E-state index contributed by atoms with van der Waals surface area (Å²) in [5.74, 6) is 2.57. The van der Waals surface area contributed by atoms with Gasteiger partial charge in [-0.2, -0.15) is 0 Å². The first kappa shape index (κ1) is 30.8. The van der Waals surface area contributed by atoms with Crippen molar-refractivity contribution in [1.82, 2.24) is 0 Å². The van der Waals surface area contributed by atoms with Gasteiger partial charge < -0.3 is 14.2 Å². The summed E-state index contributed by atoms with van der Waals surface area (Å²) in [6, 6.07) is 30.8. The van der Waals surface area contributed by atoms with Crippen LogP contribution in [-0.2, 0) is 11.0 Å². The summed E-state index contributed by atoms with van der Waals surface area (Å²) in [4.78, 5) is 0. The lowest BCUT2D eigenvalue weighted by molar-refractivity contribution is 0.0641. The molecule has 2 aliphatic carbocycles. The second kappa shape index (κ2) is 10.5. The van der Waals surface area contributed by atoms with Gasteiger partial charge in [0, 0.05) is 27.5 Å². The van der Waals surface area contributed by atoms with Crippen LogP contribution in [0.25, 0.3) is 28.0 Å². The first-order valence-corrected chi connectivity index (χ1v) is 17.3. The van der Waals surface area contributed by atoms with Gasteiger partial charge in [0.2, 0.25) is 0 Å². The van der Waals surface area contributed by atoms with Crippen LogP contribution in [0.4, 0.5) is 0 Å². The molecule has 48 heavy (non-hydrogen) atoms. The van der Waals surface area contributed by atoms with E-state index in [1.54, 1.807) is 14.2 Å². The van der Waals surface area contributed by atoms with E-state index in [1.165, 1.54) is 50.8 Å².